The number of carbonyl (C=O) groups excluding carboxylic acids is 1. The summed E-state index contributed by atoms with van der Waals surface area (Å²) in [6.07, 6.45) is 7.57. The molecule has 2 aliphatic rings. The first-order valence-corrected chi connectivity index (χ1v) is 13.5. The molecule has 2 aromatic carbocycles. The van der Waals surface area contributed by atoms with Gasteiger partial charge in [0.25, 0.3) is 0 Å². The lowest BCUT2D eigenvalue weighted by Gasteiger charge is -2.27. The lowest BCUT2D eigenvalue weighted by Crippen LogP contribution is -2.25. The number of unbranched alkanes of at least 4 members (excludes halogenated alkanes) is 1. The van der Waals surface area contributed by atoms with Crippen LogP contribution in [0.3, 0.4) is 0 Å². The highest BCUT2D eigenvalue weighted by molar-refractivity contribution is 8.16. The zero-order valence-electron chi connectivity index (χ0n) is 19.9. The standard InChI is InChI=1S/C27H32ClN3O2S/c1-3-4-16-33-21-11-9-20(10-12-21)25-26(31-27(30-25)14-6-5-7-15-27)34-18-24(32)29-23-13-8-19(2)17-22(23)28/h8-13,17H,3-7,14-16,18H2,1-2H3,(H,29,32). The zero-order chi connectivity index (χ0) is 24.0. The molecule has 0 aromatic heterocycles. The fourth-order valence-electron chi connectivity index (χ4n) is 4.24. The van der Waals surface area contributed by atoms with Gasteiger partial charge in [-0.05, 0) is 81.0 Å². The number of thioether (sulfide) groups is 1. The maximum Gasteiger partial charge on any atom is 0.234 e. The monoisotopic (exact) mass is 497 g/mol. The van der Waals surface area contributed by atoms with Gasteiger partial charge in [-0.3, -0.25) is 9.79 Å². The van der Waals surface area contributed by atoms with E-state index in [1.165, 1.54) is 18.2 Å². The van der Waals surface area contributed by atoms with E-state index in [4.69, 9.17) is 26.3 Å². The van der Waals surface area contributed by atoms with Crippen molar-refractivity contribution in [3.05, 3.63) is 58.6 Å². The Bertz CT molecular complexity index is 1080. The van der Waals surface area contributed by atoms with Crippen molar-refractivity contribution in [3.8, 4) is 5.75 Å². The number of carbonyl (C=O) groups is 1. The number of rotatable bonds is 8. The second-order valence-electron chi connectivity index (χ2n) is 8.97. The quantitative estimate of drug-likeness (QED) is 0.397. The molecule has 1 amide bonds. The number of halogens is 1. The van der Waals surface area contributed by atoms with Gasteiger partial charge in [-0.1, -0.05) is 49.2 Å². The molecule has 7 heteroatoms. The number of anilines is 1. The van der Waals surface area contributed by atoms with Crippen molar-refractivity contribution in [2.24, 2.45) is 9.98 Å². The number of ether oxygens (including phenoxy) is 1. The third-order valence-corrected chi connectivity index (χ3v) is 7.40. The van der Waals surface area contributed by atoms with Crippen molar-refractivity contribution >= 4 is 45.7 Å². The number of nitrogens with zero attached hydrogens (tertiary/aromatic N) is 2. The van der Waals surface area contributed by atoms with E-state index < -0.39 is 0 Å². The molecule has 0 radical (unpaired) electrons. The van der Waals surface area contributed by atoms with Gasteiger partial charge in [0.05, 0.1) is 28.8 Å². The van der Waals surface area contributed by atoms with Crippen LogP contribution in [0.5, 0.6) is 5.75 Å². The van der Waals surface area contributed by atoms with Gasteiger partial charge in [0, 0.05) is 5.56 Å². The Morgan fingerprint density at radius 3 is 2.59 bits per heavy atom. The number of nitrogens with one attached hydrogen (secondary N) is 1. The minimum Gasteiger partial charge on any atom is -0.494 e. The molecule has 0 saturated heterocycles. The van der Waals surface area contributed by atoms with E-state index in [0.29, 0.717) is 10.7 Å². The predicted molar refractivity (Wildman–Crippen MR) is 144 cm³/mol. The van der Waals surface area contributed by atoms with Crippen LogP contribution >= 0.6 is 23.4 Å². The first-order chi connectivity index (χ1) is 16.5. The zero-order valence-corrected chi connectivity index (χ0v) is 21.5. The molecule has 1 spiro atoms. The van der Waals surface area contributed by atoms with Crippen LogP contribution < -0.4 is 10.1 Å². The molecule has 2 aromatic rings. The Labute approximate surface area is 211 Å². The molecule has 1 aliphatic carbocycles. The maximum atomic E-state index is 12.7. The molecule has 1 fully saturated rings. The second kappa shape index (κ2) is 11.4. The molecule has 1 N–H and O–H groups in total. The summed E-state index contributed by atoms with van der Waals surface area (Å²) < 4.78 is 5.81. The Morgan fingerprint density at radius 2 is 1.88 bits per heavy atom. The van der Waals surface area contributed by atoms with Gasteiger partial charge in [0.2, 0.25) is 5.91 Å². The van der Waals surface area contributed by atoms with Crippen molar-refractivity contribution in [3.63, 3.8) is 0 Å². The molecule has 1 saturated carbocycles. The van der Waals surface area contributed by atoms with Crippen LogP contribution in [0, 0.1) is 6.92 Å². The van der Waals surface area contributed by atoms with Crippen molar-refractivity contribution < 1.29 is 9.53 Å². The van der Waals surface area contributed by atoms with Gasteiger partial charge < -0.3 is 10.1 Å². The van der Waals surface area contributed by atoms with E-state index in [0.717, 1.165) is 72.8 Å². The topological polar surface area (TPSA) is 63.1 Å². The molecule has 5 nitrogen and oxygen atoms in total. The summed E-state index contributed by atoms with van der Waals surface area (Å²) in [4.78, 5) is 22.9. The lowest BCUT2D eigenvalue weighted by molar-refractivity contribution is -0.113. The van der Waals surface area contributed by atoms with Crippen LogP contribution in [0.25, 0.3) is 0 Å². The highest BCUT2D eigenvalue weighted by Gasteiger charge is 2.37. The van der Waals surface area contributed by atoms with E-state index in [1.54, 1.807) is 0 Å². The molecule has 0 bridgehead atoms. The fraction of sp³-hybridized carbons (Fsp3) is 0.444. The molecule has 4 rings (SSSR count). The van der Waals surface area contributed by atoms with Crippen LogP contribution in [-0.2, 0) is 4.79 Å². The number of aliphatic imine (C=N–C) groups is 2. The van der Waals surface area contributed by atoms with E-state index in [2.05, 4.69) is 12.2 Å². The average molecular weight is 498 g/mol. The second-order valence-corrected chi connectivity index (χ2v) is 10.3. The molecule has 180 valence electrons. The van der Waals surface area contributed by atoms with Crippen molar-refractivity contribution in [1.82, 2.24) is 0 Å². The highest BCUT2D eigenvalue weighted by Crippen LogP contribution is 2.39. The van der Waals surface area contributed by atoms with Crippen LogP contribution in [0.2, 0.25) is 5.02 Å². The van der Waals surface area contributed by atoms with Crippen molar-refractivity contribution in [2.45, 2.75) is 64.5 Å². The van der Waals surface area contributed by atoms with Crippen molar-refractivity contribution in [1.29, 1.82) is 0 Å². The number of hydrogen-bond donors (Lipinski definition) is 1. The molecule has 0 atom stereocenters. The molecule has 0 unspecified atom stereocenters. The lowest BCUT2D eigenvalue weighted by atomic mass is 9.90. The van der Waals surface area contributed by atoms with Gasteiger partial charge in [-0.25, -0.2) is 4.99 Å². The summed E-state index contributed by atoms with van der Waals surface area (Å²) in [6.45, 7) is 4.85. The third-order valence-electron chi connectivity index (χ3n) is 6.12. The average Bonchev–Trinajstić information content (AvgIpc) is 3.18. The van der Waals surface area contributed by atoms with Crippen LogP contribution in [-0.4, -0.2) is 34.7 Å². The summed E-state index contributed by atoms with van der Waals surface area (Å²) in [6, 6.07) is 13.7. The molecule has 1 heterocycles. The minimum atomic E-state index is -0.372. The van der Waals surface area contributed by atoms with E-state index in [-0.39, 0.29) is 17.3 Å². The molecular formula is C27H32ClN3O2S. The summed E-state index contributed by atoms with van der Waals surface area (Å²) in [5.74, 6) is 1.00. The van der Waals surface area contributed by atoms with E-state index >= 15 is 0 Å². The van der Waals surface area contributed by atoms with Crippen molar-refractivity contribution in [2.75, 3.05) is 17.7 Å². The molecule has 1 aliphatic heterocycles. The summed E-state index contributed by atoms with van der Waals surface area (Å²) >= 11 is 7.72. The Morgan fingerprint density at radius 1 is 1.12 bits per heavy atom. The van der Waals surface area contributed by atoms with Gasteiger partial charge in [-0.2, -0.15) is 0 Å². The highest BCUT2D eigenvalue weighted by atomic mass is 35.5. The van der Waals surface area contributed by atoms with Crippen LogP contribution in [0.4, 0.5) is 5.69 Å². The minimum absolute atomic E-state index is 0.109. The summed E-state index contributed by atoms with van der Waals surface area (Å²) in [5, 5.41) is 4.30. The largest absolute Gasteiger partial charge is 0.494 e. The van der Waals surface area contributed by atoms with Crippen LogP contribution in [0.1, 0.15) is 63.0 Å². The maximum absolute atomic E-state index is 12.7. The summed E-state index contributed by atoms with van der Waals surface area (Å²) in [7, 11) is 0. The number of aryl methyl sites for hydroxylation is 1. The van der Waals surface area contributed by atoms with Crippen LogP contribution in [0.15, 0.2) is 52.4 Å². The SMILES string of the molecule is CCCCOc1ccc(C2=NC3(CCCCC3)N=C2SCC(=O)Nc2ccc(C)cc2Cl)cc1. The number of hydrogen-bond acceptors (Lipinski definition) is 5. The summed E-state index contributed by atoms with van der Waals surface area (Å²) in [5.41, 5.74) is 3.20. The van der Waals surface area contributed by atoms with E-state index in [1.807, 2.05) is 49.4 Å². The van der Waals surface area contributed by atoms with Gasteiger partial charge in [0.15, 0.2) is 5.66 Å². The van der Waals surface area contributed by atoms with Gasteiger partial charge >= 0.3 is 0 Å². The van der Waals surface area contributed by atoms with Gasteiger partial charge in [0.1, 0.15) is 10.8 Å². The first kappa shape index (κ1) is 24.8. The third kappa shape index (κ3) is 6.22. The molecular weight excluding hydrogens is 466 g/mol. The Balaban J connectivity index is 1.47. The van der Waals surface area contributed by atoms with E-state index in [9.17, 15) is 4.79 Å². The Hall–Kier alpha value is -2.31. The fourth-order valence-corrected chi connectivity index (χ4v) is 5.40. The number of amides is 1. The first-order valence-electron chi connectivity index (χ1n) is 12.1. The normalized spacial score (nSPS) is 16.8. The number of benzene rings is 2. The van der Waals surface area contributed by atoms with Gasteiger partial charge in [-0.15, -0.1) is 0 Å². The smallest absolute Gasteiger partial charge is 0.234 e. The Kier molecular flexibility index (Phi) is 8.32. The predicted octanol–water partition coefficient (Wildman–Crippen LogP) is 7.06. The molecule has 34 heavy (non-hydrogen) atoms.